The fraction of sp³-hybridized carbons (Fsp3) is 0.452. The fourth-order valence-corrected chi connectivity index (χ4v) is 6.15. The van der Waals surface area contributed by atoms with Gasteiger partial charge in [0.25, 0.3) is 0 Å². The summed E-state index contributed by atoms with van der Waals surface area (Å²) >= 11 is 0. The lowest BCUT2D eigenvalue weighted by Crippen LogP contribution is -2.59. The quantitative estimate of drug-likeness (QED) is 0.127. The maximum Gasteiger partial charge on any atom is 0.243 e. The summed E-state index contributed by atoms with van der Waals surface area (Å²) in [7, 11) is 0. The Hall–Kier alpha value is -4.83. The van der Waals surface area contributed by atoms with Crippen molar-refractivity contribution in [3.05, 3.63) is 108 Å². The van der Waals surface area contributed by atoms with E-state index in [1.54, 1.807) is 6.92 Å². The Bertz CT molecular complexity index is 1630. The summed E-state index contributed by atoms with van der Waals surface area (Å²) in [6.45, 7) is 9.85. The number of rotatable bonds is 20. The SMILES string of the molecule is CC(C)C[C@H](NC(=O)[C@H](CCc1ccccc1)NC(=O)Cc1ccccc1)C(=O)N[C@@H](Cc1ccccc1)C(=O)N[C@@H](CC(C)C)C(=O)[C@@]1(C)CO1. The minimum atomic E-state index is -1.03. The molecule has 0 saturated carbocycles. The van der Waals surface area contributed by atoms with Crippen molar-refractivity contribution in [1.29, 1.82) is 0 Å². The third-order valence-electron chi connectivity index (χ3n) is 9.12. The van der Waals surface area contributed by atoms with Gasteiger partial charge < -0.3 is 26.0 Å². The Morgan fingerprint density at radius 1 is 0.596 bits per heavy atom. The van der Waals surface area contributed by atoms with Gasteiger partial charge in [0.1, 0.15) is 23.7 Å². The molecule has 52 heavy (non-hydrogen) atoms. The zero-order valence-electron chi connectivity index (χ0n) is 31.0. The van der Waals surface area contributed by atoms with Crippen LogP contribution in [0.4, 0.5) is 0 Å². The molecule has 1 heterocycles. The van der Waals surface area contributed by atoms with E-state index in [0.29, 0.717) is 32.3 Å². The van der Waals surface area contributed by atoms with Crippen LogP contribution in [-0.2, 0) is 48.0 Å². The van der Waals surface area contributed by atoms with E-state index < -0.39 is 47.5 Å². The highest BCUT2D eigenvalue weighted by Crippen LogP contribution is 2.29. The largest absolute Gasteiger partial charge is 0.361 e. The highest BCUT2D eigenvalue weighted by Gasteiger charge is 2.50. The van der Waals surface area contributed by atoms with E-state index in [1.807, 2.05) is 119 Å². The van der Waals surface area contributed by atoms with Crippen LogP contribution in [0.1, 0.15) is 70.6 Å². The van der Waals surface area contributed by atoms with Gasteiger partial charge in [-0.2, -0.15) is 0 Å². The van der Waals surface area contributed by atoms with Gasteiger partial charge in [-0.1, -0.05) is 119 Å². The normalized spacial score (nSPS) is 17.4. The minimum Gasteiger partial charge on any atom is -0.361 e. The third kappa shape index (κ3) is 12.7. The molecule has 1 aliphatic rings. The number of benzene rings is 3. The molecule has 3 aromatic rings. The van der Waals surface area contributed by atoms with E-state index in [0.717, 1.165) is 16.7 Å². The van der Waals surface area contributed by atoms with Crippen LogP contribution in [0.3, 0.4) is 0 Å². The molecule has 10 nitrogen and oxygen atoms in total. The first-order valence-corrected chi connectivity index (χ1v) is 18.3. The van der Waals surface area contributed by atoms with Crippen molar-refractivity contribution in [3.63, 3.8) is 0 Å². The second kappa shape index (κ2) is 19.1. The number of nitrogens with one attached hydrogen (secondary N) is 4. The summed E-state index contributed by atoms with van der Waals surface area (Å²) in [5.74, 6) is -1.88. The standard InChI is InChI=1S/C42H54N4O6/c1-28(2)23-34(38(48)42(5)27-52-42)44-41(51)36(25-31-17-11-7-12-18-31)46-40(50)35(24-29(3)4)45-39(49)33(22-21-30-15-9-6-10-16-30)43-37(47)26-32-19-13-8-14-20-32/h6-20,28-29,33-36H,21-27H2,1-5H3,(H,43,47)(H,44,51)(H,45,49)(H,46,50)/t33-,34-,35-,36-,42+/m0/s1. The number of carbonyl (C=O) groups is 5. The molecule has 0 aromatic heterocycles. The molecule has 4 rings (SSSR count). The smallest absolute Gasteiger partial charge is 0.243 e. The van der Waals surface area contributed by atoms with Crippen LogP contribution in [0.25, 0.3) is 0 Å². The van der Waals surface area contributed by atoms with Gasteiger partial charge >= 0.3 is 0 Å². The van der Waals surface area contributed by atoms with Crippen LogP contribution in [0.5, 0.6) is 0 Å². The number of ether oxygens (including phenoxy) is 1. The lowest BCUT2D eigenvalue weighted by Gasteiger charge is -2.28. The maximum atomic E-state index is 14.1. The molecule has 0 radical (unpaired) electrons. The molecule has 0 bridgehead atoms. The number of ketones is 1. The predicted octanol–water partition coefficient (Wildman–Crippen LogP) is 4.49. The summed E-state index contributed by atoms with van der Waals surface area (Å²) in [5.41, 5.74) is 1.72. The Kier molecular flexibility index (Phi) is 14.7. The summed E-state index contributed by atoms with van der Waals surface area (Å²) in [6.07, 6.45) is 1.84. The first kappa shape index (κ1) is 39.9. The zero-order chi connectivity index (χ0) is 37.7. The average molecular weight is 711 g/mol. The van der Waals surface area contributed by atoms with Gasteiger partial charge in [0.15, 0.2) is 5.78 Å². The number of aryl methyl sites for hydroxylation is 1. The molecular weight excluding hydrogens is 656 g/mol. The summed E-state index contributed by atoms with van der Waals surface area (Å²) < 4.78 is 5.41. The molecule has 10 heteroatoms. The molecule has 4 amide bonds. The number of hydrogen-bond donors (Lipinski definition) is 4. The van der Waals surface area contributed by atoms with E-state index in [2.05, 4.69) is 21.3 Å². The number of amides is 4. The Labute approximate surface area is 307 Å². The summed E-state index contributed by atoms with van der Waals surface area (Å²) in [4.78, 5) is 68.4. The van der Waals surface area contributed by atoms with Crippen LogP contribution in [0.2, 0.25) is 0 Å². The number of epoxide rings is 1. The molecule has 1 aliphatic heterocycles. The number of Topliss-reactive ketones (excluding diaryl/α,β-unsaturated/α-hetero) is 1. The molecule has 0 aliphatic carbocycles. The van der Waals surface area contributed by atoms with Crippen molar-refractivity contribution in [2.45, 2.75) is 103 Å². The fourth-order valence-electron chi connectivity index (χ4n) is 6.15. The highest BCUT2D eigenvalue weighted by molar-refractivity contribution is 5.98. The molecule has 278 valence electrons. The zero-order valence-corrected chi connectivity index (χ0v) is 31.0. The van der Waals surface area contributed by atoms with Crippen LogP contribution in [0, 0.1) is 11.8 Å². The van der Waals surface area contributed by atoms with Crippen molar-refractivity contribution in [3.8, 4) is 0 Å². The molecule has 1 saturated heterocycles. The van der Waals surface area contributed by atoms with Crippen molar-refractivity contribution in [2.24, 2.45) is 11.8 Å². The van der Waals surface area contributed by atoms with E-state index in [1.165, 1.54) is 0 Å². The van der Waals surface area contributed by atoms with Crippen LogP contribution in [0.15, 0.2) is 91.0 Å². The van der Waals surface area contributed by atoms with Crippen molar-refractivity contribution in [1.82, 2.24) is 21.3 Å². The maximum absolute atomic E-state index is 14.1. The lowest BCUT2D eigenvalue weighted by atomic mass is 9.93. The third-order valence-corrected chi connectivity index (χ3v) is 9.12. The lowest BCUT2D eigenvalue weighted by molar-refractivity contribution is -0.135. The molecule has 0 spiro atoms. The Morgan fingerprint density at radius 2 is 1.04 bits per heavy atom. The highest BCUT2D eigenvalue weighted by atomic mass is 16.6. The van der Waals surface area contributed by atoms with Crippen LogP contribution >= 0.6 is 0 Å². The van der Waals surface area contributed by atoms with Gasteiger partial charge in [-0.05, 0) is 61.1 Å². The number of hydrogen-bond acceptors (Lipinski definition) is 6. The molecular formula is C42H54N4O6. The average Bonchev–Trinajstić information content (AvgIpc) is 3.87. The summed E-state index contributed by atoms with van der Waals surface area (Å²) in [6, 6.07) is 24.6. The van der Waals surface area contributed by atoms with E-state index in [9.17, 15) is 24.0 Å². The van der Waals surface area contributed by atoms with E-state index in [4.69, 9.17) is 4.74 Å². The summed E-state index contributed by atoms with van der Waals surface area (Å²) in [5, 5.41) is 11.6. The first-order valence-electron chi connectivity index (χ1n) is 18.3. The monoisotopic (exact) mass is 710 g/mol. The van der Waals surface area contributed by atoms with Gasteiger partial charge in [0.05, 0.1) is 19.1 Å². The first-order chi connectivity index (χ1) is 24.8. The van der Waals surface area contributed by atoms with Gasteiger partial charge in [0.2, 0.25) is 23.6 Å². The number of carbonyl (C=O) groups excluding carboxylic acids is 5. The second-order valence-corrected chi connectivity index (χ2v) is 14.8. The van der Waals surface area contributed by atoms with E-state index >= 15 is 0 Å². The topological polar surface area (TPSA) is 146 Å². The molecule has 0 unspecified atom stereocenters. The predicted molar refractivity (Wildman–Crippen MR) is 201 cm³/mol. The Balaban J connectivity index is 1.53. The molecule has 5 atom stereocenters. The molecule has 3 aromatic carbocycles. The van der Waals surface area contributed by atoms with Crippen molar-refractivity contribution in [2.75, 3.05) is 6.61 Å². The van der Waals surface area contributed by atoms with Gasteiger partial charge in [0, 0.05) is 6.42 Å². The van der Waals surface area contributed by atoms with Gasteiger partial charge in [-0.25, -0.2) is 0 Å². The van der Waals surface area contributed by atoms with Crippen LogP contribution in [-0.4, -0.2) is 65.8 Å². The molecule has 4 N–H and O–H groups in total. The van der Waals surface area contributed by atoms with Crippen molar-refractivity contribution >= 4 is 29.4 Å². The molecule has 1 fully saturated rings. The second-order valence-electron chi connectivity index (χ2n) is 14.8. The van der Waals surface area contributed by atoms with Gasteiger partial charge in [-0.15, -0.1) is 0 Å². The van der Waals surface area contributed by atoms with Crippen LogP contribution < -0.4 is 21.3 Å². The Morgan fingerprint density at radius 3 is 1.58 bits per heavy atom. The van der Waals surface area contributed by atoms with E-state index in [-0.39, 0.29) is 36.4 Å². The van der Waals surface area contributed by atoms with Gasteiger partial charge in [-0.3, -0.25) is 24.0 Å². The van der Waals surface area contributed by atoms with Crippen molar-refractivity contribution < 1.29 is 28.7 Å². The minimum absolute atomic E-state index is 0.0141.